The lowest BCUT2D eigenvalue weighted by Crippen LogP contribution is -2.57. The predicted octanol–water partition coefficient (Wildman–Crippen LogP) is 7.49. The van der Waals surface area contributed by atoms with Crippen LogP contribution in [-0.2, 0) is 62.4 Å². The summed E-state index contributed by atoms with van der Waals surface area (Å²) in [4.78, 5) is 145. The van der Waals surface area contributed by atoms with E-state index in [1.807, 2.05) is 6.07 Å². The smallest absolute Gasteiger partial charge is 0.251 e. The number of aromatic nitrogens is 3. The molecule has 25 nitrogen and oxygen atoms in total. The summed E-state index contributed by atoms with van der Waals surface area (Å²) in [6, 6.07) is 15.5. The van der Waals surface area contributed by atoms with Crippen LogP contribution in [0.1, 0.15) is 79.0 Å². The summed E-state index contributed by atoms with van der Waals surface area (Å²) in [5, 5.41) is 24.3. The minimum Gasteiger partial charge on any atom is -0.455 e. The molecule has 0 aliphatic carbocycles. The fourth-order valence-electron chi connectivity index (χ4n) is 12.4. The van der Waals surface area contributed by atoms with Gasteiger partial charge in [0.2, 0.25) is 35.4 Å². The van der Waals surface area contributed by atoms with Crippen molar-refractivity contribution in [1.29, 1.82) is 0 Å². The molecule has 9 amide bonds. The summed E-state index contributed by atoms with van der Waals surface area (Å²) in [6.07, 6.45) is 3.25. The Hall–Kier alpha value is -11.0. The van der Waals surface area contributed by atoms with Crippen LogP contribution in [0.5, 0.6) is 11.5 Å². The topological polar surface area (TPSA) is 320 Å². The van der Waals surface area contributed by atoms with E-state index in [2.05, 4.69) is 62.8 Å². The highest BCUT2D eigenvalue weighted by Crippen LogP contribution is 2.41. The van der Waals surface area contributed by atoms with Crippen LogP contribution in [0, 0.1) is 41.0 Å². The molecule has 104 heavy (non-hydrogen) atoms. The van der Waals surface area contributed by atoms with Gasteiger partial charge in [-0.1, -0.05) is 77.9 Å². The first kappa shape index (κ1) is 75.6. The number of fused-ring (bicyclic) bond motifs is 3. The summed E-state index contributed by atoms with van der Waals surface area (Å²) in [7, 11) is 4.70. The quantitative estimate of drug-likeness (QED) is 0.0250. The third kappa shape index (κ3) is 15.9. The number of nitrogens with one attached hydrogen (secondary N) is 9. The Bertz CT molecular complexity index is 4440. The molecule has 9 unspecified atom stereocenters. The van der Waals surface area contributed by atoms with Gasteiger partial charge in [-0.3, -0.25) is 57.9 Å². The molecule has 9 atom stereocenters. The van der Waals surface area contributed by atoms with E-state index < -0.39 is 160 Å². The lowest BCUT2D eigenvalue weighted by Gasteiger charge is -2.31. The lowest BCUT2D eigenvalue weighted by atomic mass is 10.0. The van der Waals surface area contributed by atoms with E-state index in [1.54, 1.807) is 137 Å². The Balaban J connectivity index is 0.924. The molecule has 0 saturated carbocycles. The maximum Gasteiger partial charge on any atom is 0.251 e. The van der Waals surface area contributed by atoms with E-state index in [0.29, 0.717) is 22.6 Å². The SMILES string of the molecule is CNC(C)C(=O)NC(C(=O)N1c2ncc(-c3cc(F)c(NC(=O)C4Cc5cc(-c6cc(F)c(NC(=O)C7Cc8cccnc8N7C(=O)C(NC(=O)C(C)NC)C(C)C)c(F)c6)cnc5N4C(=O)C(NC(=O)C(C)NC)C(C)C)c(F)c3)cc2CC1C(=O)Nc1ccccc1Oc1ccccc1)C(C)C. The van der Waals surface area contributed by atoms with Crippen LogP contribution in [-0.4, -0.2) is 144 Å². The third-order valence-electron chi connectivity index (χ3n) is 18.8. The van der Waals surface area contributed by atoms with Gasteiger partial charge in [0.05, 0.1) is 23.8 Å². The van der Waals surface area contributed by atoms with Crippen molar-refractivity contribution in [3.63, 3.8) is 0 Å². The summed E-state index contributed by atoms with van der Waals surface area (Å²) in [5.74, 6) is -12.2. The maximum absolute atomic E-state index is 16.8. The second kappa shape index (κ2) is 32.1. The maximum atomic E-state index is 16.8. The van der Waals surface area contributed by atoms with Gasteiger partial charge in [-0.05, 0) is 154 Å². The van der Waals surface area contributed by atoms with Gasteiger partial charge in [0.15, 0.2) is 5.75 Å². The van der Waals surface area contributed by atoms with Gasteiger partial charge >= 0.3 is 0 Å². The van der Waals surface area contributed by atoms with Gasteiger partial charge in [-0.25, -0.2) is 32.5 Å². The Morgan fingerprint density at radius 2 is 0.779 bits per heavy atom. The highest BCUT2D eigenvalue weighted by molar-refractivity contribution is 6.12. The van der Waals surface area contributed by atoms with Crippen molar-refractivity contribution in [2.24, 2.45) is 17.8 Å². The zero-order chi connectivity index (χ0) is 75.3. The first-order valence-electron chi connectivity index (χ1n) is 34.1. The predicted molar refractivity (Wildman–Crippen MR) is 383 cm³/mol. The van der Waals surface area contributed by atoms with Crippen molar-refractivity contribution in [2.75, 3.05) is 51.8 Å². The van der Waals surface area contributed by atoms with E-state index in [4.69, 9.17) is 4.74 Å². The summed E-state index contributed by atoms with van der Waals surface area (Å²) >= 11 is 0. The monoisotopic (exact) mass is 1430 g/mol. The van der Waals surface area contributed by atoms with Gasteiger partial charge in [0.1, 0.15) is 94.1 Å². The number of benzene rings is 4. The largest absolute Gasteiger partial charge is 0.455 e. The molecule has 29 heteroatoms. The number of pyridine rings is 3. The fraction of sp³-hybridized carbons (Fsp3) is 0.360. The first-order chi connectivity index (χ1) is 49.5. The van der Waals surface area contributed by atoms with Crippen molar-refractivity contribution in [3.8, 4) is 33.8 Å². The van der Waals surface area contributed by atoms with Crippen LogP contribution in [0.2, 0.25) is 0 Å². The average molecular weight is 1430 g/mol. The molecular weight excluding hydrogens is 1350 g/mol. The zero-order valence-electron chi connectivity index (χ0n) is 59.4. The molecular formula is C75H83F4N15O10. The molecule has 0 radical (unpaired) electrons. The molecule has 546 valence electrons. The Morgan fingerprint density at radius 3 is 1.16 bits per heavy atom. The molecule has 6 heterocycles. The summed E-state index contributed by atoms with van der Waals surface area (Å²) in [5.41, 5.74) is -0.514. The fourth-order valence-corrected chi connectivity index (χ4v) is 12.4. The van der Waals surface area contributed by atoms with Crippen LogP contribution in [0.15, 0.2) is 122 Å². The van der Waals surface area contributed by atoms with Crippen LogP contribution in [0.3, 0.4) is 0 Å². The molecule has 0 saturated heterocycles. The number of para-hydroxylation sites is 3. The number of hydrogen-bond acceptors (Lipinski definition) is 16. The van der Waals surface area contributed by atoms with E-state index >= 15 is 17.6 Å². The molecule has 10 rings (SSSR count). The van der Waals surface area contributed by atoms with Crippen molar-refractivity contribution < 1.29 is 65.4 Å². The minimum absolute atomic E-state index is 0.0420. The number of hydrogen-bond donors (Lipinski definition) is 9. The molecule has 9 N–H and O–H groups in total. The van der Waals surface area contributed by atoms with Crippen LogP contribution in [0.25, 0.3) is 22.3 Å². The first-order valence-corrected chi connectivity index (χ1v) is 34.1. The van der Waals surface area contributed by atoms with E-state index in [1.165, 1.54) is 42.7 Å². The van der Waals surface area contributed by atoms with Crippen molar-refractivity contribution in [1.82, 2.24) is 46.9 Å². The van der Waals surface area contributed by atoms with Gasteiger partial charge < -0.3 is 52.6 Å². The highest BCUT2D eigenvalue weighted by atomic mass is 19.1. The summed E-state index contributed by atoms with van der Waals surface area (Å²) in [6.45, 7) is 15.0. The molecule has 0 fully saturated rings. The summed E-state index contributed by atoms with van der Waals surface area (Å²) < 4.78 is 72.7. The highest BCUT2D eigenvalue weighted by Gasteiger charge is 2.47. The van der Waals surface area contributed by atoms with Crippen molar-refractivity contribution >= 4 is 87.7 Å². The third-order valence-corrected chi connectivity index (χ3v) is 18.8. The van der Waals surface area contributed by atoms with Gasteiger partial charge in [-0.2, -0.15) is 0 Å². The van der Waals surface area contributed by atoms with E-state index in [9.17, 15) is 43.2 Å². The molecule has 3 aromatic heterocycles. The Morgan fingerprint density at radius 1 is 0.423 bits per heavy atom. The van der Waals surface area contributed by atoms with Crippen LogP contribution in [0.4, 0.5) is 52.1 Å². The molecule has 0 spiro atoms. The number of carbonyl (C=O) groups is 9. The molecule has 3 aliphatic heterocycles. The second-order valence-electron chi connectivity index (χ2n) is 26.9. The van der Waals surface area contributed by atoms with E-state index in [-0.39, 0.29) is 70.2 Å². The minimum atomic E-state index is -1.62. The van der Waals surface area contributed by atoms with Crippen molar-refractivity contribution in [3.05, 3.63) is 162 Å². The lowest BCUT2D eigenvalue weighted by molar-refractivity contribution is -0.130. The molecule has 0 bridgehead atoms. The molecule has 7 aromatic rings. The number of ether oxygens (including phenoxy) is 1. The number of amides is 9. The zero-order valence-corrected chi connectivity index (χ0v) is 59.4. The van der Waals surface area contributed by atoms with Gasteiger partial charge in [-0.15, -0.1) is 0 Å². The molecule has 3 aliphatic rings. The Labute approximate surface area is 598 Å². The van der Waals surface area contributed by atoms with Crippen molar-refractivity contribution in [2.45, 2.75) is 136 Å². The number of carbonyl (C=O) groups excluding carboxylic acids is 9. The Kier molecular flexibility index (Phi) is 23.3. The van der Waals surface area contributed by atoms with Gasteiger partial charge in [0.25, 0.3) is 17.7 Å². The average Bonchev–Trinajstić information content (AvgIpc) is 1.61. The van der Waals surface area contributed by atoms with E-state index in [0.717, 1.165) is 34.1 Å². The van der Waals surface area contributed by atoms with Crippen LogP contribution < -0.4 is 67.3 Å². The molecule has 4 aromatic carbocycles. The normalized spacial score (nSPS) is 16.9. The number of rotatable bonds is 25. The standard InChI is InChI=1S/C75H83F4N15O10/c1-36(2)59(87-67(95)39(7)80-10)73(101)92-55(31-42-19-18-24-83-64(42)92)71(99)90-62-50(76)27-44(28-51(62)77)48-26-46-33-57(94(66(46)85-35-48)75(103)61(38(5)6)89-69(97)41(9)82-12)72(100)91-63-52(78)29-43(30-53(63)79)47-25-45-32-56(70(98)86-54-22-16-17-23-58(54)104-49-20-14-13-15-21-49)93(65(45)84-34-47)74(102)60(37(3)4)88-68(96)40(8)81-11/h13-30,34-41,55-57,59-61,80-82H,31-33H2,1-12H3,(H,86,98)(H,87,95)(H,88,96)(H,89,97)(H,90,99)(H,91,100). The number of anilines is 6. The number of likely N-dealkylation sites (N-methyl/N-ethyl adjacent to an activating group) is 3. The number of nitrogens with zero attached hydrogens (tertiary/aromatic N) is 6. The number of halogens is 4. The van der Waals surface area contributed by atoms with Crippen LogP contribution >= 0.6 is 0 Å². The van der Waals surface area contributed by atoms with Gasteiger partial charge in [0, 0.05) is 49.0 Å². The second-order valence-corrected chi connectivity index (χ2v) is 26.9.